The van der Waals surface area contributed by atoms with Crippen LogP contribution < -0.4 is 0 Å². The van der Waals surface area contributed by atoms with Crippen molar-refractivity contribution in [3.63, 3.8) is 0 Å². The van der Waals surface area contributed by atoms with Gasteiger partial charge in [0.15, 0.2) is 0 Å². The van der Waals surface area contributed by atoms with E-state index in [9.17, 15) is 13.2 Å². The van der Waals surface area contributed by atoms with E-state index in [1.165, 1.54) is 0 Å². The van der Waals surface area contributed by atoms with Crippen molar-refractivity contribution in [2.24, 2.45) is 0 Å². The van der Waals surface area contributed by atoms with E-state index < -0.39 is 9.84 Å². The first-order valence-electron chi connectivity index (χ1n) is 6.78. The summed E-state index contributed by atoms with van der Waals surface area (Å²) in [6.07, 6.45) is 2.47. The molecule has 0 aliphatic carbocycles. The first kappa shape index (κ1) is 16.6. The standard InChI is InChI=1S/C12H22N4O3S/c1-5-7-15(10(3)4)12(17)16-9-13-11(14-16)20(18,19)8-6-2/h9-10H,5-8H2,1-4H3. The van der Waals surface area contributed by atoms with Crippen LogP contribution >= 0.6 is 0 Å². The Kier molecular flexibility index (Phi) is 5.67. The van der Waals surface area contributed by atoms with Crippen molar-refractivity contribution in [1.29, 1.82) is 0 Å². The lowest BCUT2D eigenvalue weighted by atomic mass is 10.3. The fraction of sp³-hybridized carbons (Fsp3) is 0.750. The highest BCUT2D eigenvalue weighted by atomic mass is 32.2. The van der Waals surface area contributed by atoms with E-state index >= 15 is 0 Å². The maximum atomic E-state index is 12.3. The molecule has 1 aromatic heterocycles. The van der Waals surface area contributed by atoms with Gasteiger partial charge in [-0.1, -0.05) is 13.8 Å². The van der Waals surface area contributed by atoms with Crippen molar-refractivity contribution in [2.75, 3.05) is 12.3 Å². The molecule has 0 atom stereocenters. The Morgan fingerprint density at radius 2 is 2.00 bits per heavy atom. The molecule has 0 saturated heterocycles. The van der Waals surface area contributed by atoms with Gasteiger partial charge in [0, 0.05) is 12.6 Å². The van der Waals surface area contributed by atoms with E-state index in [2.05, 4.69) is 10.1 Å². The zero-order valence-electron chi connectivity index (χ0n) is 12.4. The summed E-state index contributed by atoms with van der Waals surface area (Å²) in [5.74, 6) is -0.0198. The molecule has 1 heterocycles. The number of carbonyl (C=O) groups is 1. The number of amides is 1. The van der Waals surface area contributed by atoms with Crippen LogP contribution in [0.5, 0.6) is 0 Å². The zero-order valence-corrected chi connectivity index (χ0v) is 13.2. The van der Waals surface area contributed by atoms with Gasteiger partial charge in [-0.15, -0.1) is 5.10 Å². The Morgan fingerprint density at radius 3 is 2.50 bits per heavy atom. The van der Waals surface area contributed by atoms with Crippen molar-refractivity contribution in [2.45, 2.75) is 51.7 Å². The summed E-state index contributed by atoms with van der Waals surface area (Å²) in [5.41, 5.74) is 0. The monoisotopic (exact) mass is 302 g/mol. The summed E-state index contributed by atoms with van der Waals surface area (Å²) in [6.45, 7) is 8.13. The van der Waals surface area contributed by atoms with Crippen LogP contribution in [0.3, 0.4) is 0 Å². The molecule has 0 bridgehead atoms. The van der Waals surface area contributed by atoms with Gasteiger partial charge in [-0.3, -0.25) is 0 Å². The zero-order chi connectivity index (χ0) is 15.3. The van der Waals surface area contributed by atoms with Gasteiger partial charge in [0.1, 0.15) is 6.33 Å². The first-order chi connectivity index (χ1) is 9.33. The molecule has 20 heavy (non-hydrogen) atoms. The Labute approximate surface area is 119 Å². The third kappa shape index (κ3) is 3.78. The minimum Gasteiger partial charge on any atom is -0.320 e. The lowest BCUT2D eigenvalue weighted by Gasteiger charge is -2.25. The summed E-state index contributed by atoms with van der Waals surface area (Å²) < 4.78 is 24.7. The number of hydrogen-bond donors (Lipinski definition) is 0. The van der Waals surface area contributed by atoms with Crippen LogP contribution in [0.15, 0.2) is 11.5 Å². The molecule has 0 radical (unpaired) electrons. The van der Waals surface area contributed by atoms with Gasteiger partial charge in [0.2, 0.25) is 9.84 Å². The van der Waals surface area contributed by atoms with Crippen molar-refractivity contribution in [3.8, 4) is 0 Å². The maximum absolute atomic E-state index is 12.3. The summed E-state index contributed by atoms with van der Waals surface area (Å²) in [4.78, 5) is 17.6. The minimum atomic E-state index is -3.50. The van der Waals surface area contributed by atoms with Gasteiger partial charge < -0.3 is 4.90 Å². The van der Waals surface area contributed by atoms with Crippen LogP contribution in [0.2, 0.25) is 0 Å². The second kappa shape index (κ2) is 6.83. The number of hydrogen-bond acceptors (Lipinski definition) is 5. The molecule has 0 unspecified atom stereocenters. The van der Waals surface area contributed by atoms with Crippen molar-refractivity contribution in [3.05, 3.63) is 6.33 Å². The predicted molar refractivity (Wildman–Crippen MR) is 75.3 cm³/mol. The largest absolute Gasteiger partial charge is 0.346 e. The molecule has 0 aliphatic rings. The van der Waals surface area contributed by atoms with E-state index in [4.69, 9.17) is 0 Å². The number of nitrogens with zero attached hydrogens (tertiary/aromatic N) is 4. The second-order valence-electron chi connectivity index (χ2n) is 4.86. The molecule has 1 rings (SSSR count). The van der Waals surface area contributed by atoms with Gasteiger partial charge in [0.25, 0.3) is 5.16 Å². The van der Waals surface area contributed by atoms with Gasteiger partial charge >= 0.3 is 6.03 Å². The highest BCUT2D eigenvalue weighted by molar-refractivity contribution is 7.91. The molecule has 114 valence electrons. The molecule has 0 spiro atoms. The summed E-state index contributed by atoms with van der Waals surface area (Å²) in [6, 6.07) is -0.338. The average molecular weight is 302 g/mol. The quantitative estimate of drug-likeness (QED) is 0.796. The number of aromatic nitrogens is 3. The number of carbonyl (C=O) groups excluding carboxylic acids is 1. The molecule has 0 N–H and O–H groups in total. The minimum absolute atomic E-state index is 0.0161. The smallest absolute Gasteiger partial charge is 0.320 e. The van der Waals surface area contributed by atoms with Crippen LogP contribution in [-0.4, -0.2) is 52.5 Å². The highest BCUT2D eigenvalue weighted by Crippen LogP contribution is 2.08. The van der Waals surface area contributed by atoms with Crippen LogP contribution in [0.4, 0.5) is 4.79 Å². The molecule has 0 fully saturated rings. The topological polar surface area (TPSA) is 85.2 Å². The predicted octanol–water partition coefficient (Wildman–Crippen LogP) is 1.55. The summed E-state index contributed by atoms with van der Waals surface area (Å²) in [5, 5.41) is 3.53. The maximum Gasteiger partial charge on any atom is 0.346 e. The Balaban J connectivity index is 2.99. The van der Waals surface area contributed by atoms with E-state index in [1.54, 1.807) is 11.8 Å². The third-order valence-electron chi connectivity index (χ3n) is 2.75. The molecule has 0 aromatic carbocycles. The third-order valence-corrected chi connectivity index (χ3v) is 4.44. The van der Waals surface area contributed by atoms with Crippen LogP contribution in [0, 0.1) is 0 Å². The molecule has 8 heteroatoms. The molecule has 0 saturated carbocycles. The van der Waals surface area contributed by atoms with Crippen molar-refractivity contribution < 1.29 is 13.2 Å². The summed E-state index contributed by atoms with van der Waals surface area (Å²) >= 11 is 0. The van der Waals surface area contributed by atoms with Crippen LogP contribution in [0.1, 0.15) is 40.5 Å². The van der Waals surface area contributed by atoms with Crippen LogP contribution in [-0.2, 0) is 9.84 Å². The van der Waals surface area contributed by atoms with Gasteiger partial charge in [-0.05, 0) is 26.7 Å². The second-order valence-corrected chi connectivity index (χ2v) is 6.86. The average Bonchev–Trinajstić information content (AvgIpc) is 2.85. The fourth-order valence-electron chi connectivity index (χ4n) is 1.79. The lowest BCUT2D eigenvalue weighted by molar-refractivity contribution is 0.181. The van der Waals surface area contributed by atoms with Crippen molar-refractivity contribution >= 4 is 15.9 Å². The van der Waals surface area contributed by atoms with Crippen LogP contribution in [0.25, 0.3) is 0 Å². The van der Waals surface area contributed by atoms with Gasteiger partial charge in [-0.2, -0.15) is 4.68 Å². The summed E-state index contributed by atoms with van der Waals surface area (Å²) in [7, 11) is -3.50. The molecule has 1 aromatic rings. The highest BCUT2D eigenvalue weighted by Gasteiger charge is 2.23. The fourth-order valence-corrected chi connectivity index (χ4v) is 2.93. The van der Waals surface area contributed by atoms with Gasteiger partial charge in [-0.25, -0.2) is 18.2 Å². The molecular formula is C12H22N4O3S. The molecular weight excluding hydrogens is 280 g/mol. The normalized spacial score (nSPS) is 11.8. The lowest BCUT2D eigenvalue weighted by Crippen LogP contribution is -2.40. The first-order valence-corrected chi connectivity index (χ1v) is 8.44. The Hall–Kier alpha value is -1.44. The SMILES string of the molecule is CCCN(C(=O)n1cnc(S(=O)(=O)CCC)n1)C(C)C. The number of sulfone groups is 1. The molecule has 0 aliphatic heterocycles. The van der Waals surface area contributed by atoms with Crippen molar-refractivity contribution in [1.82, 2.24) is 19.7 Å². The van der Waals surface area contributed by atoms with E-state index in [-0.39, 0.29) is 23.0 Å². The molecule has 1 amide bonds. The van der Waals surface area contributed by atoms with E-state index in [0.717, 1.165) is 17.4 Å². The number of rotatable bonds is 6. The Bertz CT molecular complexity index is 551. The molecule has 7 nitrogen and oxygen atoms in total. The Morgan fingerprint density at radius 1 is 1.35 bits per heavy atom. The van der Waals surface area contributed by atoms with E-state index in [1.807, 2.05) is 20.8 Å². The van der Waals surface area contributed by atoms with Gasteiger partial charge in [0.05, 0.1) is 5.75 Å². The van der Waals surface area contributed by atoms with E-state index in [0.29, 0.717) is 13.0 Å².